The Morgan fingerprint density at radius 1 is 1.10 bits per heavy atom. The molecule has 0 aliphatic rings. The maximum Gasteiger partial charge on any atom is 0.241 e. The molecule has 0 aliphatic carbocycles. The predicted octanol–water partition coefficient (Wildman–Crippen LogP) is 1.72. The summed E-state index contributed by atoms with van der Waals surface area (Å²) in [5.74, 6) is 0.570. The van der Waals surface area contributed by atoms with E-state index >= 15 is 0 Å². The lowest BCUT2D eigenvalue weighted by atomic mass is 10.0. The third kappa shape index (κ3) is 3.48. The second-order valence-corrected chi connectivity index (χ2v) is 4.38. The molecule has 6 heteroatoms. The third-order valence-electron chi connectivity index (χ3n) is 3.01. The molecule has 1 atom stereocenters. The summed E-state index contributed by atoms with van der Waals surface area (Å²) in [5, 5.41) is 10.4. The number of hydrogen-bond donors (Lipinski definition) is 1. The zero-order valence-electron chi connectivity index (χ0n) is 12.2. The number of aliphatic hydroxyl groups is 1. The SMILES string of the molecule is COCc1ccc(C(O)c2ncc(OC)nc2OC)cc1. The molecule has 0 radical (unpaired) electrons. The maximum absolute atomic E-state index is 10.4. The van der Waals surface area contributed by atoms with Crippen molar-refractivity contribution in [3.05, 3.63) is 47.3 Å². The summed E-state index contributed by atoms with van der Waals surface area (Å²) in [6, 6.07) is 7.44. The van der Waals surface area contributed by atoms with Crippen molar-refractivity contribution in [3.8, 4) is 11.8 Å². The number of ether oxygens (including phenoxy) is 3. The van der Waals surface area contributed by atoms with Gasteiger partial charge in [0.2, 0.25) is 11.8 Å². The van der Waals surface area contributed by atoms with E-state index in [1.165, 1.54) is 20.4 Å². The van der Waals surface area contributed by atoms with E-state index in [-0.39, 0.29) is 5.88 Å². The molecule has 6 nitrogen and oxygen atoms in total. The lowest BCUT2D eigenvalue weighted by Gasteiger charge is -2.14. The normalized spacial score (nSPS) is 12.0. The van der Waals surface area contributed by atoms with Gasteiger partial charge in [-0.15, -0.1) is 0 Å². The molecule has 0 aliphatic heterocycles. The third-order valence-corrected chi connectivity index (χ3v) is 3.01. The molecule has 0 bridgehead atoms. The van der Waals surface area contributed by atoms with Crippen molar-refractivity contribution in [2.45, 2.75) is 12.7 Å². The first-order chi connectivity index (χ1) is 10.2. The zero-order valence-corrected chi connectivity index (χ0v) is 12.2. The van der Waals surface area contributed by atoms with Crippen LogP contribution in [0.4, 0.5) is 0 Å². The van der Waals surface area contributed by atoms with E-state index in [2.05, 4.69) is 9.97 Å². The first-order valence-corrected chi connectivity index (χ1v) is 6.40. The second kappa shape index (κ2) is 7.01. The Hall–Kier alpha value is -2.18. The Bertz CT molecular complexity index is 587. The molecular formula is C15H18N2O4. The summed E-state index contributed by atoms with van der Waals surface area (Å²) in [6.45, 7) is 0.530. The number of aliphatic hydroxyl groups excluding tert-OH is 1. The van der Waals surface area contributed by atoms with E-state index in [0.717, 1.165) is 5.56 Å². The quantitative estimate of drug-likeness (QED) is 0.873. The van der Waals surface area contributed by atoms with Crippen LogP contribution >= 0.6 is 0 Å². The number of nitrogens with zero attached hydrogens (tertiary/aromatic N) is 2. The molecule has 0 spiro atoms. The van der Waals surface area contributed by atoms with Gasteiger partial charge >= 0.3 is 0 Å². The Labute approximate surface area is 123 Å². The molecule has 0 fully saturated rings. The van der Waals surface area contributed by atoms with Crippen LogP contribution in [-0.2, 0) is 11.3 Å². The van der Waals surface area contributed by atoms with Crippen molar-refractivity contribution in [3.63, 3.8) is 0 Å². The molecule has 1 aromatic carbocycles. The molecule has 2 aromatic rings. The van der Waals surface area contributed by atoms with Gasteiger partial charge in [-0.05, 0) is 11.1 Å². The van der Waals surface area contributed by atoms with Gasteiger partial charge in [-0.25, -0.2) is 4.98 Å². The molecule has 1 heterocycles. The van der Waals surface area contributed by atoms with Crippen molar-refractivity contribution in [1.29, 1.82) is 0 Å². The van der Waals surface area contributed by atoms with Crippen LogP contribution in [0.25, 0.3) is 0 Å². The van der Waals surface area contributed by atoms with Crippen molar-refractivity contribution in [2.75, 3.05) is 21.3 Å². The molecular weight excluding hydrogens is 272 g/mol. The van der Waals surface area contributed by atoms with Crippen LogP contribution in [0, 0.1) is 0 Å². The Morgan fingerprint density at radius 2 is 1.81 bits per heavy atom. The topological polar surface area (TPSA) is 73.7 Å². The molecule has 1 aromatic heterocycles. The average molecular weight is 290 g/mol. The van der Waals surface area contributed by atoms with E-state index in [1.807, 2.05) is 24.3 Å². The van der Waals surface area contributed by atoms with Crippen LogP contribution in [0.3, 0.4) is 0 Å². The molecule has 1 unspecified atom stereocenters. The van der Waals surface area contributed by atoms with Gasteiger partial charge in [0, 0.05) is 7.11 Å². The highest BCUT2D eigenvalue weighted by atomic mass is 16.5. The van der Waals surface area contributed by atoms with Crippen molar-refractivity contribution in [2.24, 2.45) is 0 Å². The molecule has 0 saturated heterocycles. The highest BCUT2D eigenvalue weighted by molar-refractivity contribution is 5.34. The largest absolute Gasteiger partial charge is 0.480 e. The number of aromatic nitrogens is 2. The summed E-state index contributed by atoms with van der Waals surface area (Å²) in [4.78, 5) is 8.28. The Kier molecular flexibility index (Phi) is 5.08. The van der Waals surface area contributed by atoms with Crippen molar-refractivity contribution >= 4 is 0 Å². The molecule has 0 amide bonds. The highest BCUT2D eigenvalue weighted by Crippen LogP contribution is 2.28. The van der Waals surface area contributed by atoms with Gasteiger partial charge in [-0.2, -0.15) is 4.98 Å². The Morgan fingerprint density at radius 3 is 2.38 bits per heavy atom. The highest BCUT2D eigenvalue weighted by Gasteiger charge is 2.19. The minimum Gasteiger partial charge on any atom is -0.480 e. The fourth-order valence-electron chi connectivity index (χ4n) is 1.92. The van der Waals surface area contributed by atoms with Crippen LogP contribution in [0.1, 0.15) is 22.9 Å². The van der Waals surface area contributed by atoms with E-state index in [0.29, 0.717) is 23.7 Å². The predicted molar refractivity (Wildman–Crippen MR) is 76.4 cm³/mol. The van der Waals surface area contributed by atoms with Gasteiger partial charge in [-0.3, -0.25) is 0 Å². The lowest BCUT2D eigenvalue weighted by molar-refractivity contribution is 0.184. The number of methoxy groups -OCH3 is 3. The summed E-state index contributed by atoms with van der Waals surface area (Å²) in [6.07, 6.45) is 0.523. The van der Waals surface area contributed by atoms with E-state index in [4.69, 9.17) is 14.2 Å². The number of hydrogen-bond acceptors (Lipinski definition) is 6. The monoisotopic (exact) mass is 290 g/mol. The lowest BCUT2D eigenvalue weighted by Crippen LogP contribution is -2.07. The van der Waals surface area contributed by atoms with Crippen molar-refractivity contribution in [1.82, 2.24) is 9.97 Å². The molecule has 2 rings (SSSR count). The fourth-order valence-corrected chi connectivity index (χ4v) is 1.92. The molecule has 112 valence electrons. The molecule has 1 N–H and O–H groups in total. The maximum atomic E-state index is 10.4. The number of benzene rings is 1. The van der Waals surface area contributed by atoms with Crippen molar-refractivity contribution < 1.29 is 19.3 Å². The van der Waals surface area contributed by atoms with Gasteiger partial charge < -0.3 is 19.3 Å². The average Bonchev–Trinajstić information content (AvgIpc) is 2.54. The summed E-state index contributed by atoms with van der Waals surface area (Å²) in [7, 11) is 4.61. The standard InChI is InChI=1S/C15H18N2O4/c1-19-9-10-4-6-11(7-5-10)14(18)13-15(21-3)17-12(20-2)8-16-13/h4-8,14,18H,9H2,1-3H3. The summed E-state index contributed by atoms with van der Waals surface area (Å²) >= 11 is 0. The first kappa shape index (κ1) is 15.2. The van der Waals surface area contributed by atoms with E-state index < -0.39 is 6.10 Å². The zero-order chi connectivity index (χ0) is 15.2. The second-order valence-electron chi connectivity index (χ2n) is 4.38. The Balaban J connectivity index is 2.28. The van der Waals surface area contributed by atoms with Gasteiger partial charge in [0.1, 0.15) is 11.8 Å². The van der Waals surface area contributed by atoms with Crippen LogP contribution in [0.5, 0.6) is 11.8 Å². The van der Waals surface area contributed by atoms with E-state index in [9.17, 15) is 5.11 Å². The van der Waals surface area contributed by atoms with Crippen LogP contribution in [0.2, 0.25) is 0 Å². The van der Waals surface area contributed by atoms with E-state index in [1.54, 1.807) is 7.11 Å². The minimum atomic E-state index is -0.921. The van der Waals surface area contributed by atoms with Gasteiger partial charge in [0.05, 0.1) is 27.0 Å². The minimum absolute atomic E-state index is 0.239. The summed E-state index contributed by atoms with van der Waals surface area (Å²) in [5.41, 5.74) is 2.08. The van der Waals surface area contributed by atoms with Gasteiger partial charge in [0.25, 0.3) is 0 Å². The first-order valence-electron chi connectivity index (χ1n) is 6.40. The molecule has 21 heavy (non-hydrogen) atoms. The smallest absolute Gasteiger partial charge is 0.241 e. The molecule has 0 saturated carbocycles. The van der Waals surface area contributed by atoms with Gasteiger partial charge in [0.15, 0.2) is 0 Å². The number of rotatable bonds is 6. The van der Waals surface area contributed by atoms with Crippen LogP contribution in [0.15, 0.2) is 30.5 Å². The van der Waals surface area contributed by atoms with Crippen LogP contribution in [-0.4, -0.2) is 36.4 Å². The van der Waals surface area contributed by atoms with Gasteiger partial charge in [-0.1, -0.05) is 24.3 Å². The fraction of sp³-hybridized carbons (Fsp3) is 0.333. The van der Waals surface area contributed by atoms with Crippen LogP contribution < -0.4 is 9.47 Å². The summed E-state index contributed by atoms with van der Waals surface area (Å²) < 4.78 is 15.2.